The van der Waals surface area contributed by atoms with Crippen LogP contribution in [0.5, 0.6) is 0 Å². The van der Waals surface area contributed by atoms with Gasteiger partial charge < -0.3 is 10.2 Å². The van der Waals surface area contributed by atoms with Crippen molar-refractivity contribution in [3.05, 3.63) is 59.9 Å². The minimum absolute atomic E-state index is 0.0567. The number of carbonyl (C=O) groups excluding carboxylic acids is 1. The van der Waals surface area contributed by atoms with E-state index in [9.17, 15) is 4.79 Å². The van der Waals surface area contributed by atoms with Crippen molar-refractivity contribution in [1.29, 1.82) is 0 Å². The van der Waals surface area contributed by atoms with Crippen LogP contribution >= 0.6 is 11.6 Å². The van der Waals surface area contributed by atoms with Gasteiger partial charge in [-0.3, -0.25) is 4.79 Å². The van der Waals surface area contributed by atoms with Gasteiger partial charge in [0.2, 0.25) is 5.91 Å². The number of carbonyl (C=O) groups is 1. The second kappa shape index (κ2) is 9.00. The number of halogens is 1. The molecule has 0 aliphatic carbocycles. The van der Waals surface area contributed by atoms with E-state index in [1.54, 1.807) is 11.0 Å². The largest absolute Gasteiger partial charge is 0.356 e. The number of aromatic nitrogens is 5. The first-order chi connectivity index (χ1) is 14.2. The van der Waals surface area contributed by atoms with Gasteiger partial charge in [-0.2, -0.15) is 5.10 Å². The zero-order chi connectivity index (χ0) is 20.1. The van der Waals surface area contributed by atoms with Crippen LogP contribution in [-0.4, -0.2) is 50.3 Å². The quantitative estimate of drug-likeness (QED) is 0.669. The summed E-state index contributed by atoms with van der Waals surface area (Å²) in [4.78, 5) is 27.4. The molecule has 1 fully saturated rings. The van der Waals surface area contributed by atoms with Crippen LogP contribution in [0.1, 0.15) is 18.4 Å². The van der Waals surface area contributed by atoms with Gasteiger partial charge in [0.1, 0.15) is 24.8 Å². The van der Waals surface area contributed by atoms with Crippen LogP contribution in [0.2, 0.25) is 5.02 Å². The highest BCUT2D eigenvalue weighted by molar-refractivity contribution is 6.30. The number of piperidine rings is 1. The Morgan fingerprint density at radius 1 is 1.17 bits per heavy atom. The maximum atomic E-state index is 12.7. The predicted molar refractivity (Wildman–Crippen MR) is 110 cm³/mol. The molecule has 0 bridgehead atoms. The molecule has 150 valence electrons. The van der Waals surface area contributed by atoms with E-state index in [2.05, 4.69) is 30.3 Å². The number of amides is 1. The standard InChI is InChI=1S/C20H22ClN7O/c21-17-5-3-15(4-6-17)7-8-23-20(29)16-2-1-9-27(11-16)18-10-19(25-13-24-18)28-14-22-12-26-28/h3-6,10,12-14,16H,1-2,7-9,11H2,(H,23,29)/t16-/m1/s1. The molecular weight excluding hydrogens is 390 g/mol. The highest BCUT2D eigenvalue weighted by atomic mass is 35.5. The van der Waals surface area contributed by atoms with Gasteiger partial charge in [0, 0.05) is 30.7 Å². The smallest absolute Gasteiger partial charge is 0.224 e. The fourth-order valence-electron chi connectivity index (χ4n) is 3.49. The first-order valence-corrected chi connectivity index (χ1v) is 10.0. The normalized spacial score (nSPS) is 16.6. The lowest BCUT2D eigenvalue weighted by atomic mass is 9.97. The zero-order valence-electron chi connectivity index (χ0n) is 15.9. The monoisotopic (exact) mass is 411 g/mol. The summed E-state index contributed by atoms with van der Waals surface area (Å²) in [5.41, 5.74) is 1.15. The number of hydrogen-bond donors (Lipinski definition) is 1. The number of anilines is 1. The van der Waals surface area contributed by atoms with Gasteiger partial charge in [0.25, 0.3) is 0 Å². The Bertz CT molecular complexity index is 946. The highest BCUT2D eigenvalue weighted by Gasteiger charge is 2.26. The number of hydrogen-bond acceptors (Lipinski definition) is 6. The predicted octanol–water partition coefficient (Wildman–Crippen LogP) is 2.29. The second-order valence-electron chi connectivity index (χ2n) is 7.03. The zero-order valence-corrected chi connectivity index (χ0v) is 16.7. The van der Waals surface area contributed by atoms with Gasteiger partial charge in [-0.05, 0) is 37.0 Å². The Kier molecular flexibility index (Phi) is 6.00. The third-order valence-electron chi connectivity index (χ3n) is 5.03. The van der Waals surface area contributed by atoms with E-state index in [4.69, 9.17) is 11.6 Å². The summed E-state index contributed by atoms with van der Waals surface area (Å²) in [5, 5.41) is 7.89. The number of nitrogens with one attached hydrogen (secondary N) is 1. The molecule has 0 spiro atoms. The minimum Gasteiger partial charge on any atom is -0.356 e. The van der Waals surface area contributed by atoms with E-state index in [-0.39, 0.29) is 11.8 Å². The molecular formula is C20H22ClN7O. The molecule has 1 N–H and O–H groups in total. The van der Waals surface area contributed by atoms with Crippen molar-refractivity contribution < 1.29 is 4.79 Å². The van der Waals surface area contributed by atoms with E-state index in [0.29, 0.717) is 18.9 Å². The molecule has 9 heteroatoms. The van der Waals surface area contributed by atoms with Gasteiger partial charge in [0.05, 0.1) is 5.92 Å². The molecule has 3 heterocycles. The van der Waals surface area contributed by atoms with Crippen LogP contribution in [0.15, 0.2) is 49.3 Å². The van der Waals surface area contributed by atoms with Gasteiger partial charge in [0.15, 0.2) is 5.82 Å². The molecule has 1 aliphatic heterocycles. The summed E-state index contributed by atoms with van der Waals surface area (Å²) < 4.78 is 1.59. The molecule has 29 heavy (non-hydrogen) atoms. The van der Waals surface area contributed by atoms with Crippen LogP contribution in [0.4, 0.5) is 5.82 Å². The molecule has 1 atom stereocenters. The topological polar surface area (TPSA) is 88.8 Å². The number of rotatable bonds is 6. The van der Waals surface area contributed by atoms with E-state index in [1.807, 2.05) is 30.3 Å². The lowest BCUT2D eigenvalue weighted by molar-refractivity contribution is -0.125. The molecule has 1 aromatic carbocycles. The summed E-state index contributed by atoms with van der Waals surface area (Å²) in [7, 11) is 0. The molecule has 0 radical (unpaired) electrons. The van der Waals surface area contributed by atoms with Crippen molar-refractivity contribution in [2.45, 2.75) is 19.3 Å². The molecule has 0 unspecified atom stereocenters. The summed E-state index contributed by atoms with van der Waals surface area (Å²) >= 11 is 5.91. The molecule has 0 saturated carbocycles. The molecule has 3 aromatic rings. The SMILES string of the molecule is O=C(NCCc1ccc(Cl)cc1)[C@@H]1CCCN(c2cc(-n3cncn3)ncn2)C1. The van der Waals surface area contributed by atoms with Crippen LogP contribution in [-0.2, 0) is 11.2 Å². The van der Waals surface area contributed by atoms with Crippen LogP contribution in [0.3, 0.4) is 0 Å². The lowest BCUT2D eigenvalue weighted by Gasteiger charge is -2.32. The van der Waals surface area contributed by atoms with Crippen molar-refractivity contribution in [3.8, 4) is 5.82 Å². The van der Waals surface area contributed by atoms with Gasteiger partial charge >= 0.3 is 0 Å². The van der Waals surface area contributed by atoms with E-state index in [0.717, 1.165) is 42.2 Å². The average molecular weight is 412 g/mol. The summed E-state index contributed by atoms with van der Waals surface area (Å²) in [5.74, 6) is 1.49. The summed E-state index contributed by atoms with van der Waals surface area (Å²) in [6, 6.07) is 9.58. The Balaban J connectivity index is 1.33. The first-order valence-electron chi connectivity index (χ1n) is 9.63. The maximum Gasteiger partial charge on any atom is 0.224 e. The Morgan fingerprint density at radius 2 is 2.00 bits per heavy atom. The van der Waals surface area contributed by atoms with E-state index in [1.165, 1.54) is 12.7 Å². The average Bonchev–Trinajstić information content (AvgIpc) is 3.30. The Hall–Kier alpha value is -3.00. The molecule has 1 saturated heterocycles. The first kappa shape index (κ1) is 19.3. The lowest BCUT2D eigenvalue weighted by Crippen LogP contribution is -2.43. The van der Waals surface area contributed by atoms with Crippen molar-refractivity contribution in [2.24, 2.45) is 5.92 Å². The van der Waals surface area contributed by atoms with Crippen LogP contribution < -0.4 is 10.2 Å². The van der Waals surface area contributed by atoms with E-state index >= 15 is 0 Å². The molecule has 4 rings (SSSR count). The second-order valence-corrected chi connectivity index (χ2v) is 7.46. The highest BCUT2D eigenvalue weighted by Crippen LogP contribution is 2.22. The summed E-state index contributed by atoms with van der Waals surface area (Å²) in [6.45, 7) is 2.11. The van der Waals surface area contributed by atoms with Crippen LogP contribution in [0, 0.1) is 5.92 Å². The third kappa shape index (κ3) is 4.89. The maximum absolute atomic E-state index is 12.7. The molecule has 8 nitrogen and oxygen atoms in total. The minimum atomic E-state index is -0.0567. The van der Waals surface area contributed by atoms with Gasteiger partial charge in [-0.15, -0.1) is 0 Å². The van der Waals surface area contributed by atoms with Crippen molar-refractivity contribution in [1.82, 2.24) is 30.0 Å². The number of benzene rings is 1. The molecule has 1 amide bonds. The molecule has 2 aromatic heterocycles. The van der Waals surface area contributed by atoms with Crippen LogP contribution in [0.25, 0.3) is 5.82 Å². The summed E-state index contributed by atoms with van der Waals surface area (Å²) in [6.07, 6.45) is 7.18. The van der Waals surface area contributed by atoms with Crippen molar-refractivity contribution >= 4 is 23.3 Å². The van der Waals surface area contributed by atoms with Crippen molar-refractivity contribution in [3.63, 3.8) is 0 Å². The van der Waals surface area contributed by atoms with Gasteiger partial charge in [-0.25, -0.2) is 19.6 Å². The Morgan fingerprint density at radius 3 is 2.79 bits per heavy atom. The molecule has 1 aliphatic rings. The van der Waals surface area contributed by atoms with Gasteiger partial charge in [-0.1, -0.05) is 23.7 Å². The number of nitrogens with zero attached hydrogens (tertiary/aromatic N) is 6. The fraction of sp³-hybridized carbons (Fsp3) is 0.350. The van der Waals surface area contributed by atoms with E-state index < -0.39 is 0 Å². The third-order valence-corrected chi connectivity index (χ3v) is 5.29. The van der Waals surface area contributed by atoms with Crippen molar-refractivity contribution in [2.75, 3.05) is 24.5 Å². The fourth-order valence-corrected chi connectivity index (χ4v) is 3.61. The Labute approximate surface area is 173 Å².